The quantitative estimate of drug-likeness (QED) is 0.0211. The second-order valence-electron chi connectivity index (χ2n) is 22.5. The van der Waals surface area contributed by atoms with Crippen molar-refractivity contribution in [1.82, 2.24) is 5.32 Å². The fraction of sp³-hybridized carbons (Fsp3) is 0.691. The SMILES string of the molecule is CC/C=C\C/C=C\C/C=C\C/C=C\C/C=C\C/C=C\C/C=C\C/C=C\C/C=C\CCCCCCCCCCCC(=O)NC(COC1OC(CO)C(OC2OC(CO)C(OC3OC(CO)C(O)C(O)C3O)C(O)C2O)C(O)C1O)C(O)/C=C/CCCCC. The Kier molecular flexibility index (Phi) is 43.6. The Hall–Kier alpha value is -3.81. The molecular weight excluding hydrogens is 1120 g/mol. The summed E-state index contributed by atoms with van der Waals surface area (Å²) in [6.45, 7) is 1.44. The zero-order chi connectivity index (χ0) is 63.3. The molecule has 0 aromatic carbocycles. The summed E-state index contributed by atoms with van der Waals surface area (Å²) in [5.41, 5.74) is 0. The highest BCUT2D eigenvalue weighted by Gasteiger charge is 2.53. The maximum absolute atomic E-state index is 13.2. The number of allylic oxidation sites excluding steroid dienone is 19. The van der Waals surface area contributed by atoms with E-state index in [1.54, 1.807) is 6.08 Å². The van der Waals surface area contributed by atoms with Crippen molar-refractivity contribution in [2.24, 2.45) is 0 Å². The first kappa shape index (κ1) is 77.4. The van der Waals surface area contributed by atoms with Crippen molar-refractivity contribution in [3.63, 3.8) is 0 Å². The van der Waals surface area contributed by atoms with Gasteiger partial charge in [-0.15, -0.1) is 0 Å². The van der Waals surface area contributed by atoms with Gasteiger partial charge >= 0.3 is 0 Å². The normalized spacial score (nSPS) is 29.4. The topological polar surface area (TPSA) is 307 Å². The van der Waals surface area contributed by atoms with Gasteiger partial charge in [-0.2, -0.15) is 0 Å². The number of carbonyl (C=O) groups excluding carboxylic acids is 1. The van der Waals surface area contributed by atoms with Crippen LogP contribution in [-0.4, -0.2) is 193 Å². The van der Waals surface area contributed by atoms with E-state index in [0.29, 0.717) is 12.8 Å². The number of aliphatic hydroxyl groups is 11. The minimum Gasteiger partial charge on any atom is -0.394 e. The van der Waals surface area contributed by atoms with Crippen molar-refractivity contribution < 1.29 is 89.4 Å². The van der Waals surface area contributed by atoms with Crippen LogP contribution in [0.3, 0.4) is 0 Å². The standard InChI is InChI=1S/C68H111NO18/c1-3-5-7-9-10-11-12-13-14-15-16-17-18-19-20-21-22-23-24-25-26-27-28-29-30-31-32-33-34-35-36-37-38-39-40-42-44-46-56(74)69-51(52(73)45-43-41-8-6-4-2)50-82-66-62(80)59(77)64(54(48-71)84-66)87-68-63(81)60(78)65(55(49-72)85-68)86-67-61(79)58(76)57(75)53(47-70)83-67/h5,7,10-11,13-14,16-17,19-20,22-23,25-26,28-29,31-32,43,45,51-55,57-68,70-73,75-81H,3-4,6,8-9,12,15,18,21,24,27,30,33-42,44,46-50H2,1-2H3,(H,69,74)/b7-5-,11-10-,14-13-,17-16-,20-19-,23-22-,26-25-,29-28-,32-31-,45-43+. The molecule has 3 aliphatic rings. The van der Waals surface area contributed by atoms with Crippen LogP contribution >= 0.6 is 0 Å². The van der Waals surface area contributed by atoms with Crippen molar-refractivity contribution in [2.45, 2.75) is 272 Å². The van der Waals surface area contributed by atoms with Crippen molar-refractivity contribution >= 4 is 5.91 Å². The van der Waals surface area contributed by atoms with E-state index in [1.807, 2.05) is 6.08 Å². The number of ether oxygens (including phenoxy) is 6. The van der Waals surface area contributed by atoms with E-state index in [4.69, 9.17) is 28.4 Å². The van der Waals surface area contributed by atoms with E-state index >= 15 is 0 Å². The third-order valence-electron chi connectivity index (χ3n) is 15.3. The Morgan fingerprint density at radius 3 is 1.24 bits per heavy atom. The highest BCUT2D eigenvalue weighted by molar-refractivity contribution is 5.76. The average molecular weight is 1230 g/mol. The van der Waals surface area contributed by atoms with Gasteiger partial charge in [-0.3, -0.25) is 4.79 Å². The summed E-state index contributed by atoms with van der Waals surface area (Å²) in [6, 6.07) is -0.980. The predicted octanol–water partition coefficient (Wildman–Crippen LogP) is 7.26. The van der Waals surface area contributed by atoms with Gasteiger partial charge in [0.05, 0.1) is 38.6 Å². The molecule has 19 heteroatoms. The molecule has 3 fully saturated rings. The monoisotopic (exact) mass is 1230 g/mol. The van der Waals surface area contributed by atoms with Crippen LogP contribution in [-0.2, 0) is 33.2 Å². The van der Waals surface area contributed by atoms with E-state index in [2.05, 4.69) is 129 Å². The zero-order valence-electron chi connectivity index (χ0n) is 51.9. The molecule has 0 aliphatic carbocycles. The highest BCUT2D eigenvalue weighted by Crippen LogP contribution is 2.33. The van der Waals surface area contributed by atoms with E-state index in [9.17, 15) is 61.0 Å². The van der Waals surface area contributed by atoms with Crippen LogP contribution in [0.1, 0.15) is 168 Å². The van der Waals surface area contributed by atoms with E-state index in [0.717, 1.165) is 109 Å². The van der Waals surface area contributed by atoms with Crippen molar-refractivity contribution in [1.29, 1.82) is 0 Å². The number of rotatable bonds is 46. The Morgan fingerprint density at radius 1 is 0.425 bits per heavy atom. The van der Waals surface area contributed by atoms with Crippen LogP contribution < -0.4 is 5.32 Å². The average Bonchev–Trinajstić information content (AvgIpc) is 2.33. The molecular formula is C68H111NO18. The molecule has 87 heavy (non-hydrogen) atoms. The van der Waals surface area contributed by atoms with Gasteiger partial charge in [0.25, 0.3) is 0 Å². The van der Waals surface area contributed by atoms with Gasteiger partial charge in [0.15, 0.2) is 18.9 Å². The molecule has 19 nitrogen and oxygen atoms in total. The summed E-state index contributed by atoms with van der Waals surface area (Å²) < 4.78 is 34.1. The molecule has 3 aliphatic heterocycles. The molecule has 0 aromatic rings. The first-order valence-electron chi connectivity index (χ1n) is 32.3. The summed E-state index contributed by atoms with van der Waals surface area (Å²) in [5, 5.41) is 120. The number of hydrogen-bond acceptors (Lipinski definition) is 18. The second-order valence-corrected chi connectivity index (χ2v) is 22.5. The summed E-state index contributed by atoms with van der Waals surface area (Å²) in [7, 11) is 0. The van der Waals surface area contributed by atoms with Crippen LogP contribution in [0.4, 0.5) is 0 Å². The molecule has 3 saturated heterocycles. The lowest BCUT2D eigenvalue weighted by Crippen LogP contribution is -2.66. The number of amides is 1. The fourth-order valence-corrected chi connectivity index (χ4v) is 10.0. The molecule has 0 radical (unpaired) electrons. The van der Waals surface area contributed by atoms with Gasteiger partial charge in [-0.1, -0.05) is 193 Å². The molecule has 17 atom stereocenters. The Bertz CT molecular complexity index is 2050. The van der Waals surface area contributed by atoms with Crippen LogP contribution in [0, 0.1) is 0 Å². The molecule has 0 spiro atoms. The van der Waals surface area contributed by atoms with Crippen LogP contribution in [0.5, 0.6) is 0 Å². The van der Waals surface area contributed by atoms with Gasteiger partial charge in [0.2, 0.25) is 5.91 Å². The smallest absolute Gasteiger partial charge is 0.220 e. The number of carbonyl (C=O) groups is 1. The highest BCUT2D eigenvalue weighted by atomic mass is 16.8. The second kappa shape index (κ2) is 49.0. The minimum absolute atomic E-state index is 0.226. The van der Waals surface area contributed by atoms with Gasteiger partial charge in [0.1, 0.15) is 73.2 Å². The van der Waals surface area contributed by atoms with Gasteiger partial charge in [-0.25, -0.2) is 0 Å². The Labute approximate surface area is 518 Å². The lowest BCUT2D eigenvalue weighted by molar-refractivity contribution is -0.379. The molecule has 0 bridgehead atoms. The van der Waals surface area contributed by atoms with E-state index in [1.165, 1.54) is 25.7 Å². The maximum Gasteiger partial charge on any atom is 0.220 e. The van der Waals surface area contributed by atoms with Crippen molar-refractivity contribution in [3.05, 3.63) is 122 Å². The number of unbranched alkanes of at least 4 members (excludes halogenated alkanes) is 12. The fourth-order valence-electron chi connectivity index (χ4n) is 10.0. The maximum atomic E-state index is 13.2. The zero-order valence-corrected chi connectivity index (χ0v) is 51.9. The third-order valence-corrected chi connectivity index (χ3v) is 15.3. The van der Waals surface area contributed by atoms with Crippen molar-refractivity contribution in [3.8, 4) is 0 Å². The molecule has 0 saturated carbocycles. The van der Waals surface area contributed by atoms with Crippen molar-refractivity contribution in [2.75, 3.05) is 26.4 Å². The first-order valence-corrected chi connectivity index (χ1v) is 32.3. The predicted molar refractivity (Wildman–Crippen MR) is 336 cm³/mol. The largest absolute Gasteiger partial charge is 0.394 e. The third kappa shape index (κ3) is 31.7. The molecule has 12 N–H and O–H groups in total. The van der Waals surface area contributed by atoms with Crippen LogP contribution in [0.2, 0.25) is 0 Å². The van der Waals surface area contributed by atoms with Gasteiger partial charge < -0.3 is 89.9 Å². The van der Waals surface area contributed by atoms with Crippen LogP contribution in [0.25, 0.3) is 0 Å². The van der Waals surface area contributed by atoms with E-state index < -0.39 is 124 Å². The van der Waals surface area contributed by atoms with E-state index in [-0.39, 0.29) is 18.9 Å². The lowest BCUT2D eigenvalue weighted by atomic mass is 9.96. The molecule has 496 valence electrons. The molecule has 3 heterocycles. The summed E-state index contributed by atoms with van der Waals surface area (Å²) in [6.07, 6.45) is 39.9. The lowest BCUT2D eigenvalue weighted by Gasteiger charge is -2.48. The Morgan fingerprint density at radius 2 is 0.793 bits per heavy atom. The first-order chi connectivity index (χ1) is 42.3. The minimum atomic E-state index is -1.98. The molecule has 1 amide bonds. The molecule has 0 aromatic heterocycles. The summed E-state index contributed by atoms with van der Waals surface area (Å²) in [4.78, 5) is 13.2. The number of aliphatic hydroxyl groups excluding tert-OH is 11. The van der Waals surface area contributed by atoms with Crippen LogP contribution in [0.15, 0.2) is 122 Å². The molecule has 3 rings (SSSR count). The summed E-state index contributed by atoms with van der Waals surface area (Å²) in [5.74, 6) is -0.297. The number of nitrogens with one attached hydrogen (secondary N) is 1. The summed E-state index contributed by atoms with van der Waals surface area (Å²) >= 11 is 0. The Balaban J connectivity index is 1.29. The molecule has 17 unspecified atom stereocenters. The van der Waals surface area contributed by atoms with Gasteiger partial charge in [0, 0.05) is 6.42 Å². The van der Waals surface area contributed by atoms with Gasteiger partial charge in [-0.05, 0) is 89.9 Å². The number of hydrogen-bond donors (Lipinski definition) is 12.